The third-order valence-electron chi connectivity index (χ3n) is 4.98. The molecule has 114 valence electrons. The minimum atomic E-state index is -1.91. The number of ether oxygens (including phenoxy) is 2. The van der Waals surface area contributed by atoms with Crippen LogP contribution < -0.4 is 0 Å². The van der Waals surface area contributed by atoms with Gasteiger partial charge in [-0.1, -0.05) is 13.0 Å². The summed E-state index contributed by atoms with van der Waals surface area (Å²) in [6, 6.07) is 9.28. The van der Waals surface area contributed by atoms with E-state index in [2.05, 4.69) is 4.98 Å². The monoisotopic (exact) mass is 307 g/mol. The van der Waals surface area contributed by atoms with Gasteiger partial charge in [-0.25, -0.2) is 0 Å². The van der Waals surface area contributed by atoms with Gasteiger partial charge in [-0.15, -0.1) is 0 Å². The summed E-state index contributed by atoms with van der Waals surface area (Å²) in [5, 5.41) is 37.7. The van der Waals surface area contributed by atoms with E-state index in [-0.39, 0.29) is 0 Å². The number of aromatic nitrogens is 1. The first-order chi connectivity index (χ1) is 10.9. The van der Waals surface area contributed by atoms with Gasteiger partial charge in [-0.3, -0.25) is 10.4 Å². The van der Waals surface area contributed by atoms with Gasteiger partial charge < -0.3 is 9.47 Å². The second kappa shape index (κ2) is 4.52. The molecule has 23 heavy (non-hydrogen) atoms. The molecule has 1 aromatic rings. The Morgan fingerprint density at radius 1 is 1.26 bits per heavy atom. The number of nitriles is 3. The topological polar surface area (TPSA) is 127 Å². The highest BCUT2D eigenvalue weighted by Crippen LogP contribution is 2.66. The van der Waals surface area contributed by atoms with Gasteiger partial charge in [-0.05, 0) is 6.07 Å². The maximum Gasteiger partial charge on any atom is 0.214 e. The van der Waals surface area contributed by atoms with Crippen LogP contribution in [0.1, 0.15) is 25.5 Å². The van der Waals surface area contributed by atoms with Crippen molar-refractivity contribution < 1.29 is 9.47 Å². The molecule has 0 saturated carbocycles. The van der Waals surface area contributed by atoms with Crippen LogP contribution in [-0.2, 0) is 9.47 Å². The summed E-state index contributed by atoms with van der Waals surface area (Å²) < 4.78 is 11.5. The molecule has 0 aromatic carbocycles. The van der Waals surface area contributed by atoms with Crippen molar-refractivity contribution in [3.05, 3.63) is 30.1 Å². The fourth-order valence-electron chi connectivity index (χ4n) is 3.54. The van der Waals surface area contributed by atoms with Crippen molar-refractivity contribution in [1.29, 1.82) is 21.2 Å². The normalized spacial score (nSPS) is 37.1. The number of hydrogen-bond acceptors (Lipinski definition) is 7. The molecular formula is C16H13N5O2. The third-order valence-corrected chi connectivity index (χ3v) is 4.98. The number of nitrogens with one attached hydrogen (secondary N) is 1. The molecule has 3 heterocycles. The van der Waals surface area contributed by atoms with Crippen LogP contribution in [0, 0.1) is 56.2 Å². The van der Waals surface area contributed by atoms with Gasteiger partial charge >= 0.3 is 0 Å². The summed E-state index contributed by atoms with van der Waals surface area (Å²) in [4.78, 5) is 4.00. The maximum absolute atomic E-state index is 9.84. The Morgan fingerprint density at radius 3 is 2.48 bits per heavy atom. The van der Waals surface area contributed by atoms with Crippen LogP contribution >= 0.6 is 0 Å². The molecule has 2 fully saturated rings. The lowest BCUT2D eigenvalue weighted by molar-refractivity contribution is -0.268. The first-order valence-electron chi connectivity index (χ1n) is 7.01. The average molecular weight is 307 g/mol. The summed E-state index contributed by atoms with van der Waals surface area (Å²) in [5.41, 5.74) is -3.12. The highest BCUT2D eigenvalue weighted by atomic mass is 16.7. The standard InChI is InChI=1S/C16H13N5O2/c1-10-14(2)22-12(11-4-3-5-21-6-11)15(7-17,8-18)16(10,9-19)13(20)23-14/h3-6,10,12,20H,1-2H3/t10-,12-,14+,16-/m0/s1. The molecule has 2 bridgehead atoms. The lowest BCUT2D eigenvalue weighted by atomic mass is 9.54. The fraction of sp³-hybridized carbons (Fsp3) is 0.438. The van der Waals surface area contributed by atoms with Crippen molar-refractivity contribution in [2.75, 3.05) is 0 Å². The number of rotatable bonds is 1. The predicted octanol–water partition coefficient (Wildman–Crippen LogP) is 2.06. The van der Waals surface area contributed by atoms with Crippen LogP contribution in [-0.4, -0.2) is 16.7 Å². The Hall–Kier alpha value is -2.95. The highest BCUT2D eigenvalue weighted by molar-refractivity contribution is 5.89. The van der Waals surface area contributed by atoms with Gasteiger partial charge in [0.1, 0.15) is 6.10 Å². The highest BCUT2D eigenvalue weighted by Gasteiger charge is 2.78. The van der Waals surface area contributed by atoms with Crippen LogP contribution in [0.2, 0.25) is 0 Å². The van der Waals surface area contributed by atoms with Gasteiger partial charge in [-0.2, -0.15) is 15.8 Å². The SMILES string of the molecule is C[C@H]1[C@@]2(C)OC(=N)[C@@]1(C#N)C(C#N)(C#N)[C@H](c1cccnc1)O2. The lowest BCUT2D eigenvalue weighted by Crippen LogP contribution is -2.57. The van der Waals surface area contributed by atoms with Crippen molar-refractivity contribution in [2.24, 2.45) is 16.7 Å². The van der Waals surface area contributed by atoms with Crippen LogP contribution in [0.25, 0.3) is 0 Å². The third kappa shape index (κ3) is 1.49. The van der Waals surface area contributed by atoms with E-state index in [1.807, 2.05) is 18.2 Å². The molecule has 0 amide bonds. The summed E-state index contributed by atoms with van der Waals surface area (Å²) in [7, 11) is 0. The zero-order chi connectivity index (χ0) is 16.9. The van der Waals surface area contributed by atoms with E-state index in [9.17, 15) is 15.8 Å². The molecule has 7 heteroatoms. The van der Waals surface area contributed by atoms with Crippen molar-refractivity contribution >= 4 is 5.90 Å². The summed E-state index contributed by atoms with van der Waals surface area (Å²) >= 11 is 0. The lowest BCUT2D eigenvalue weighted by Gasteiger charge is -2.47. The second-order valence-electron chi connectivity index (χ2n) is 5.90. The number of hydrogen-bond donors (Lipinski definition) is 1. The quantitative estimate of drug-likeness (QED) is 0.846. The minimum Gasteiger partial charge on any atom is -0.448 e. The molecule has 2 aliphatic heterocycles. The Labute approximate surface area is 133 Å². The zero-order valence-corrected chi connectivity index (χ0v) is 12.6. The molecule has 0 spiro atoms. The molecule has 1 N–H and O–H groups in total. The minimum absolute atomic E-state index is 0.399. The second-order valence-corrected chi connectivity index (χ2v) is 5.90. The Balaban J connectivity index is 2.34. The summed E-state index contributed by atoms with van der Waals surface area (Å²) in [6.45, 7) is 3.28. The van der Waals surface area contributed by atoms with Crippen molar-refractivity contribution in [2.45, 2.75) is 25.7 Å². The number of nitrogens with zero attached hydrogens (tertiary/aromatic N) is 4. The average Bonchev–Trinajstić information content (AvgIpc) is 2.71. The molecule has 1 aromatic heterocycles. The number of pyridine rings is 1. The van der Waals surface area contributed by atoms with Crippen molar-refractivity contribution in [3.8, 4) is 18.2 Å². The Bertz CT molecular complexity index is 788. The summed E-state index contributed by atoms with van der Waals surface area (Å²) in [5.74, 6) is -2.31. The molecule has 2 saturated heterocycles. The predicted molar refractivity (Wildman–Crippen MR) is 76.1 cm³/mol. The van der Waals surface area contributed by atoms with E-state index in [4.69, 9.17) is 14.9 Å². The molecule has 0 radical (unpaired) electrons. The summed E-state index contributed by atoms with van der Waals surface area (Å²) in [6.07, 6.45) is 2.00. The molecule has 3 rings (SSSR count). The molecule has 0 unspecified atom stereocenters. The van der Waals surface area contributed by atoms with E-state index in [1.54, 1.807) is 32.2 Å². The Morgan fingerprint density at radius 2 is 1.96 bits per heavy atom. The molecule has 4 atom stereocenters. The van der Waals surface area contributed by atoms with E-state index in [1.165, 1.54) is 6.20 Å². The van der Waals surface area contributed by atoms with Gasteiger partial charge in [0.15, 0.2) is 5.41 Å². The van der Waals surface area contributed by atoms with Gasteiger partial charge in [0.05, 0.1) is 24.1 Å². The van der Waals surface area contributed by atoms with E-state index >= 15 is 0 Å². The van der Waals surface area contributed by atoms with Gasteiger partial charge in [0, 0.05) is 24.9 Å². The van der Waals surface area contributed by atoms with Crippen LogP contribution in [0.15, 0.2) is 24.5 Å². The smallest absolute Gasteiger partial charge is 0.214 e. The van der Waals surface area contributed by atoms with Crippen LogP contribution in [0.5, 0.6) is 0 Å². The van der Waals surface area contributed by atoms with Crippen LogP contribution in [0.3, 0.4) is 0 Å². The van der Waals surface area contributed by atoms with Gasteiger partial charge in [0.25, 0.3) is 0 Å². The van der Waals surface area contributed by atoms with Crippen molar-refractivity contribution in [1.82, 2.24) is 4.98 Å². The van der Waals surface area contributed by atoms with Crippen LogP contribution in [0.4, 0.5) is 0 Å². The van der Waals surface area contributed by atoms with E-state index in [0.717, 1.165) is 0 Å². The molecular weight excluding hydrogens is 294 g/mol. The molecule has 7 nitrogen and oxygen atoms in total. The fourth-order valence-corrected chi connectivity index (χ4v) is 3.54. The maximum atomic E-state index is 9.84. The largest absolute Gasteiger partial charge is 0.448 e. The van der Waals surface area contributed by atoms with Crippen molar-refractivity contribution in [3.63, 3.8) is 0 Å². The van der Waals surface area contributed by atoms with Gasteiger partial charge in [0.2, 0.25) is 17.1 Å². The van der Waals surface area contributed by atoms with E-state index < -0.39 is 34.5 Å². The zero-order valence-electron chi connectivity index (χ0n) is 12.6. The molecule has 0 aliphatic carbocycles. The first kappa shape index (κ1) is 15.0. The molecule has 2 aliphatic rings. The Kier molecular flexibility index (Phi) is 2.94. The first-order valence-corrected chi connectivity index (χ1v) is 7.01. The van der Waals surface area contributed by atoms with E-state index in [0.29, 0.717) is 5.56 Å². The number of fused-ring (bicyclic) bond motifs is 2.